The summed E-state index contributed by atoms with van der Waals surface area (Å²) >= 11 is 0. The van der Waals surface area contributed by atoms with Crippen LogP contribution in [0.2, 0.25) is 0 Å². The molecule has 2 aromatic carbocycles. The number of imidazole rings is 1. The monoisotopic (exact) mass is 351 g/mol. The van der Waals surface area contributed by atoms with Gasteiger partial charge in [-0.1, -0.05) is 37.3 Å². The average molecular weight is 351 g/mol. The zero-order chi connectivity index (χ0) is 18.1. The van der Waals surface area contributed by atoms with E-state index in [1.54, 1.807) is 12.1 Å². The molecule has 0 saturated carbocycles. The van der Waals surface area contributed by atoms with E-state index in [4.69, 9.17) is 4.98 Å². The first-order valence-electron chi connectivity index (χ1n) is 9.17. The molecular weight excluding hydrogens is 329 g/mol. The first kappa shape index (κ1) is 16.8. The van der Waals surface area contributed by atoms with Gasteiger partial charge in [0.15, 0.2) is 0 Å². The Bertz CT molecular complexity index is 949. The first-order valence-corrected chi connectivity index (χ1v) is 9.17. The number of aromatic nitrogens is 2. The lowest BCUT2D eigenvalue weighted by molar-refractivity contribution is -0.131. The van der Waals surface area contributed by atoms with Crippen LogP contribution in [0.5, 0.6) is 0 Å². The number of carbonyl (C=O) groups excluding carboxylic acids is 1. The molecule has 1 aromatic heterocycles. The summed E-state index contributed by atoms with van der Waals surface area (Å²) in [6.45, 7) is 3.06. The number of rotatable bonds is 4. The molecule has 1 amide bonds. The van der Waals surface area contributed by atoms with Gasteiger partial charge >= 0.3 is 0 Å². The number of hydrogen-bond donors (Lipinski definition) is 0. The molecule has 0 radical (unpaired) electrons. The molecular formula is C21H22FN3O. The van der Waals surface area contributed by atoms with E-state index in [-0.39, 0.29) is 17.8 Å². The van der Waals surface area contributed by atoms with Gasteiger partial charge in [-0.2, -0.15) is 0 Å². The van der Waals surface area contributed by atoms with E-state index in [0.717, 1.165) is 36.2 Å². The number of benzene rings is 2. The van der Waals surface area contributed by atoms with Crippen molar-refractivity contribution in [1.29, 1.82) is 0 Å². The average Bonchev–Trinajstić information content (AvgIpc) is 3.28. The Morgan fingerprint density at radius 3 is 2.77 bits per heavy atom. The molecule has 3 aromatic rings. The predicted molar refractivity (Wildman–Crippen MR) is 99.2 cm³/mol. The fourth-order valence-electron chi connectivity index (χ4n) is 3.85. The van der Waals surface area contributed by atoms with Crippen LogP contribution < -0.4 is 0 Å². The number of nitrogens with zero attached hydrogens (tertiary/aromatic N) is 3. The van der Waals surface area contributed by atoms with Crippen molar-refractivity contribution < 1.29 is 9.18 Å². The van der Waals surface area contributed by atoms with Gasteiger partial charge in [-0.05, 0) is 31.0 Å². The highest BCUT2D eigenvalue weighted by Crippen LogP contribution is 2.34. The molecule has 5 heteroatoms. The van der Waals surface area contributed by atoms with Crippen LogP contribution >= 0.6 is 0 Å². The van der Waals surface area contributed by atoms with E-state index in [1.165, 1.54) is 6.07 Å². The summed E-state index contributed by atoms with van der Waals surface area (Å²) in [5.41, 5.74) is 2.49. The van der Waals surface area contributed by atoms with Crippen molar-refractivity contribution in [3.8, 4) is 0 Å². The van der Waals surface area contributed by atoms with Gasteiger partial charge < -0.3 is 9.47 Å². The van der Waals surface area contributed by atoms with Crippen molar-refractivity contribution in [1.82, 2.24) is 14.5 Å². The Balaban J connectivity index is 1.82. The Morgan fingerprint density at radius 2 is 1.96 bits per heavy atom. The smallest absolute Gasteiger partial charge is 0.222 e. The molecule has 1 aliphatic rings. The minimum absolute atomic E-state index is 0.0402. The van der Waals surface area contributed by atoms with Gasteiger partial charge in [0, 0.05) is 18.5 Å². The summed E-state index contributed by atoms with van der Waals surface area (Å²) in [4.78, 5) is 19.1. The van der Waals surface area contributed by atoms with Crippen LogP contribution in [0.4, 0.5) is 4.39 Å². The van der Waals surface area contributed by atoms with Crippen molar-refractivity contribution in [2.24, 2.45) is 0 Å². The van der Waals surface area contributed by atoms with E-state index in [9.17, 15) is 9.18 Å². The summed E-state index contributed by atoms with van der Waals surface area (Å²) in [6, 6.07) is 14.7. The molecule has 0 spiro atoms. The lowest BCUT2D eigenvalue weighted by atomic mass is 10.1. The highest BCUT2D eigenvalue weighted by Gasteiger charge is 2.33. The fraction of sp³-hybridized carbons (Fsp3) is 0.333. The van der Waals surface area contributed by atoms with E-state index in [2.05, 4.69) is 4.57 Å². The zero-order valence-electron chi connectivity index (χ0n) is 14.9. The topological polar surface area (TPSA) is 38.1 Å². The summed E-state index contributed by atoms with van der Waals surface area (Å²) in [5, 5.41) is 0. The van der Waals surface area contributed by atoms with Gasteiger partial charge in [0.25, 0.3) is 0 Å². The highest BCUT2D eigenvalue weighted by atomic mass is 19.1. The van der Waals surface area contributed by atoms with Crippen molar-refractivity contribution in [2.75, 3.05) is 6.54 Å². The molecule has 0 bridgehead atoms. The molecule has 134 valence electrons. The normalized spacial score (nSPS) is 17.2. The number of para-hydroxylation sites is 2. The van der Waals surface area contributed by atoms with E-state index < -0.39 is 0 Å². The number of likely N-dealkylation sites (tertiary alicyclic amines) is 1. The lowest BCUT2D eigenvalue weighted by Crippen LogP contribution is -2.31. The van der Waals surface area contributed by atoms with Crippen LogP contribution in [0.1, 0.15) is 43.6 Å². The summed E-state index contributed by atoms with van der Waals surface area (Å²) < 4.78 is 16.3. The van der Waals surface area contributed by atoms with E-state index in [0.29, 0.717) is 18.5 Å². The molecule has 1 aliphatic heterocycles. The third-order valence-corrected chi connectivity index (χ3v) is 5.14. The number of fused-ring (bicyclic) bond motifs is 1. The first-order chi connectivity index (χ1) is 12.7. The predicted octanol–water partition coefficient (Wildman–Crippen LogP) is 4.30. The third-order valence-electron chi connectivity index (χ3n) is 5.14. The minimum Gasteiger partial charge on any atom is -0.333 e. The number of amides is 1. The third kappa shape index (κ3) is 2.87. The van der Waals surface area contributed by atoms with Crippen LogP contribution in [0.3, 0.4) is 0 Å². The van der Waals surface area contributed by atoms with Crippen molar-refractivity contribution in [3.63, 3.8) is 0 Å². The molecule has 0 N–H and O–H groups in total. The van der Waals surface area contributed by atoms with Crippen molar-refractivity contribution in [3.05, 3.63) is 65.7 Å². The maximum absolute atomic E-state index is 14.3. The second-order valence-corrected chi connectivity index (χ2v) is 6.73. The molecule has 4 nitrogen and oxygen atoms in total. The molecule has 0 aliphatic carbocycles. The van der Waals surface area contributed by atoms with Crippen molar-refractivity contribution in [2.45, 2.75) is 38.8 Å². The van der Waals surface area contributed by atoms with Crippen LogP contribution in [0.15, 0.2) is 48.5 Å². The minimum atomic E-state index is -0.218. The van der Waals surface area contributed by atoms with Crippen LogP contribution in [0, 0.1) is 5.82 Å². The molecule has 26 heavy (non-hydrogen) atoms. The quantitative estimate of drug-likeness (QED) is 0.703. The Hall–Kier alpha value is -2.69. The molecule has 4 rings (SSSR count). The Morgan fingerprint density at radius 1 is 1.19 bits per heavy atom. The SMILES string of the molecule is CCC(=O)N1CCCC1c1nc2ccccc2n1Cc1ccccc1F. The van der Waals surface area contributed by atoms with Gasteiger partial charge in [0.05, 0.1) is 23.6 Å². The fourth-order valence-corrected chi connectivity index (χ4v) is 3.85. The van der Waals surface area contributed by atoms with Gasteiger partial charge in [0.2, 0.25) is 5.91 Å². The molecule has 2 heterocycles. The van der Waals surface area contributed by atoms with Gasteiger partial charge in [-0.25, -0.2) is 9.37 Å². The Labute approximate surface area is 152 Å². The summed E-state index contributed by atoms with van der Waals surface area (Å²) in [6.07, 6.45) is 2.36. The largest absolute Gasteiger partial charge is 0.333 e. The summed E-state index contributed by atoms with van der Waals surface area (Å²) in [7, 11) is 0. The maximum Gasteiger partial charge on any atom is 0.222 e. The lowest BCUT2D eigenvalue weighted by Gasteiger charge is -2.25. The standard InChI is InChI=1S/C21H22FN3O/c1-2-20(26)24-13-7-12-19(24)21-23-17-10-5-6-11-18(17)25(21)14-15-8-3-4-9-16(15)22/h3-6,8-11,19H,2,7,12-14H2,1H3. The van der Waals surface area contributed by atoms with Crippen LogP contribution in [-0.2, 0) is 11.3 Å². The van der Waals surface area contributed by atoms with Crippen LogP contribution in [0.25, 0.3) is 11.0 Å². The van der Waals surface area contributed by atoms with E-state index in [1.807, 2.05) is 42.2 Å². The Kier molecular flexibility index (Phi) is 4.45. The van der Waals surface area contributed by atoms with Gasteiger partial charge in [0.1, 0.15) is 11.6 Å². The molecule has 1 unspecified atom stereocenters. The van der Waals surface area contributed by atoms with E-state index >= 15 is 0 Å². The van der Waals surface area contributed by atoms with Gasteiger partial charge in [-0.15, -0.1) is 0 Å². The molecule has 1 atom stereocenters. The highest BCUT2D eigenvalue weighted by molar-refractivity contribution is 5.78. The number of halogens is 1. The molecule has 1 saturated heterocycles. The molecule has 1 fully saturated rings. The van der Waals surface area contributed by atoms with Gasteiger partial charge in [-0.3, -0.25) is 4.79 Å². The second kappa shape index (κ2) is 6.90. The second-order valence-electron chi connectivity index (χ2n) is 6.73. The maximum atomic E-state index is 14.3. The number of hydrogen-bond acceptors (Lipinski definition) is 2. The summed E-state index contributed by atoms with van der Waals surface area (Å²) in [5.74, 6) is 0.787. The zero-order valence-corrected chi connectivity index (χ0v) is 14.9. The van der Waals surface area contributed by atoms with Crippen LogP contribution in [-0.4, -0.2) is 26.9 Å². The van der Waals surface area contributed by atoms with Crippen molar-refractivity contribution >= 4 is 16.9 Å². The number of carbonyl (C=O) groups is 1.